The van der Waals surface area contributed by atoms with Crippen molar-refractivity contribution < 1.29 is 33.8 Å². The van der Waals surface area contributed by atoms with Crippen LogP contribution in [0.1, 0.15) is 46.4 Å². The third-order valence-electron chi connectivity index (χ3n) is 4.52. The van der Waals surface area contributed by atoms with Crippen molar-refractivity contribution in [3.63, 3.8) is 0 Å². The van der Waals surface area contributed by atoms with E-state index in [9.17, 15) is 24.3 Å². The molecule has 1 saturated carbocycles. The van der Waals surface area contributed by atoms with Gasteiger partial charge in [-0.2, -0.15) is 0 Å². The van der Waals surface area contributed by atoms with Crippen LogP contribution in [0.5, 0.6) is 0 Å². The van der Waals surface area contributed by atoms with Crippen molar-refractivity contribution in [2.75, 3.05) is 19.5 Å². The SMILES string of the molecule is COC(=O)c1ccc(C(=O)OC)c(NC(=O)C2CCCCC2C(=O)O)c1. The van der Waals surface area contributed by atoms with E-state index >= 15 is 0 Å². The van der Waals surface area contributed by atoms with E-state index in [1.165, 1.54) is 32.4 Å². The third-order valence-corrected chi connectivity index (χ3v) is 4.52. The molecular weight excluding hydrogens is 342 g/mol. The molecule has 0 spiro atoms. The lowest BCUT2D eigenvalue weighted by atomic mass is 9.78. The van der Waals surface area contributed by atoms with Gasteiger partial charge in [-0.05, 0) is 31.0 Å². The number of carboxylic acids is 1. The Balaban J connectivity index is 2.33. The first-order valence-corrected chi connectivity index (χ1v) is 8.23. The molecule has 1 aromatic carbocycles. The molecule has 8 heteroatoms. The van der Waals surface area contributed by atoms with Crippen LogP contribution in [0.25, 0.3) is 0 Å². The Morgan fingerprint density at radius 2 is 1.62 bits per heavy atom. The van der Waals surface area contributed by atoms with E-state index in [0.29, 0.717) is 12.8 Å². The summed E-state index contributed by atoms with van der Waals surface area (Å²) < 4.78 is 9.33. The molecule has 0 saturated heterocycles. The van der Waals surface area contributed by atoms with Gasteiger partial charge in [0.15, 0.2) is 0 Å². The minimum atomic E-state index is -1.01. The van der Waals surface area contributed by atoms with Gasteiger partial charge in [0.2, 0.25) is 5.91 Å². The number of amides is 1. The molecule has 0 aliphatic heterocycles. The van der Waals surface area contributed by atoms with Crippen molar-refractivity contribution in [1.29, 1.82) is 0 Å². The van der Waals surface area contributed by atoms with Crippen LogP contribution in [0.4, 0.5) is 5.69 Å². The van der Waals surface area contributed by atoms with E-state index in [1.54, 1.807) is 0 Å². The van der Waals surface area contributed by atoms with E-state index in [0.717, 1.165) is 12.8 Å². The van der Waals surface area contributed by atoms with E-state index in [4.69, 9.17) is 0 Å². The number of ether oxygens (including phenoxy) is 2. The lowest BCUT2D eigenvalue weighted by molar-refractivity contribution is -0.147. The molecule has 1 aliphatic rings. The van der Waals surface area contributed by atoms with Crippen LogP contribution < -0.4 is 5.32 Å². The van der Waals surface area contributed by atoms with Crippen LogP contribution in [-0.4, -0.2) is 43.1 Å². The maximum absolute atomic E-state index is 12.7. The Bertz CT molecular complexity index is 728. The first-order chi connectivity index (χ1) is 12.4. The highest BCUT2D eigenvalue weighted by atomic mass is 16.5. The van der Waals surface area contributed by atoms with Gasteiger partial charge in [-0.1, -0.05) is 12.8 Å². The number of aliphatic carboxylic acids is 1. The van der Waals surface area contributed by atoms with Crippen molar-refractivity contribution >= 4 is 29.5 Å². The summed E-state index contributed by atoms with van der Waals surface area (Å²) in [5, 5.41) is 11.9. The minimum Gasteiger partial charge on any atom is -0.481 e. The first kappa shape index (κ1) is 19.4. The van der Waals surface area contributed by atoms with Crippen LogP contribution in [0.15, 0.2) is 18.2 Å². The van der Waals surface area contributed by atoms with Crippen molar-refractivity contribution in [3.8, 4) is 0 Å². The molecule has 2 atom stereocenters. The Labute approximate surface area is 150 Å². The smallest absolute Gasteiger partial charge is 0.339 e. The quantitative estimate of drug-likeness (QED) is 0.769. The van der Waals surface area contributed by atoms with E-state index in [-0.39, 0.29) is 16.8 Å². The van der Waals surface area contributed by atoms with Gasteiger partial charge >= 0.3 is 17.9 Å². The molecule has 1 amide bonds. The van der Waals surface area contributed by atoms with Gasteiger partial charge in [0.1, 0.15) is 0 Å². The Morgan fingerprint density at radius 3 is 2.19 bits per heavy atom. The van der Waals surface area contributed by atoms with Gasteiger partial charge < -0.3 is 19.9 Å². The number of carbonyl (C=O) groups is 4. The molecular formula is C18H21NO7. The van der Waals surface area contributed by atoms with Crippen molar-refractivity contribution in [1.82, 2.24) is 0 Å². The number of esters is 2. The van der Waals surface area contributed by atoms with Gasteiger partial charge in [-0.25, -0.2) is 9.59 Å². The van der Waals surface area contributed by atoms with Crippen molar-refractivity contribution in [3.05, 3.63) is 29.3 Å². The number of benzene rings is 1. The summed E-state index contributed by atoms with van der Waals surface area (Å²) in [6.45, 7) is 0. The standard InChI is InChI=1S/C18H21NO7/c1-25-17(23)10-7-8-13(18(24)26-2)14(9-10)19-15(20)11-5-3-4-6-12(11)16(21)22/h7-9,11-12H,3-6H2,1-2H3,(H,19,20)(H,21,22). The summed E-state index contributed by atoms with van der Waals surface area (Å²) in [4.78, 5) is 47.7. The van der Waals surface area contributed by atoms with E-state index in [2.05, 4.69) is 14.8 Å². The van der Waals surface area contributed by atoms with Crippen LogP contribution in [0.2, 0.25) is 0 Å². The molecule has 2 rings (SSSR count). The average Bonchev–Trinajstić information content (AvgIpc) is 2.66. The molecule has 0 bridgehead atoms. The molecule has 8 nitrogen and oxygen atoms in total. The van der Waals surface area contributed by atoms with Crippen molar-refractivity contribution in [2.45, 2.75) is 25.7 Å². The first-order valence-electron chi connectivity index (χ1n) is 8.23. The summed E-state index contributed by atoms with van der Waals surface area (Å²) in [6, 6.07) is 4.05. The largest absolute Gasteiger partial charge is 0.481 e. The second-order valence-electron chi connectivity index (χ2n) is 6.07. The minimum absolute atomic E-state index is 0.0659. The second-order valence-corrected chi connectivity index (χ2v) is 6.07. The number of carboxylic acid groups (broad SMARTS) is 1. The van der Waals surface area contributed by atoms with Crippen LogP contribution in [0, 0.1) is 11.8 Å². The number of hydrogen-bond donors (Lipinski definition) is 2. The van der Waals surface area contributed by atoms with Crippen molar-refractivity contribution in [2.24, 2.45) is 11.8 Å². The molecule has 26 heavy (non-hydrogen) atoms. The Morgan fingerprint density at radius 1 is 1.00 bits per heavy atom. The zero-order chi connectivity index (χ0) is 19.3. The van der Waals surface area contributed by atoms with Gasteiger partial charge in [-0.3, -0.25) is 9.59 Å². The van der Waals surface area contributed by atoms with E-state index < -0.39 is 35.7 Å². The molecule has 0 radical (unpaired) electrons. The summed E-state index contributed by atoms with van der Waals surface area (Å²) in [6.07, 6.45) is 2.40. The number of anilines is 1. The highest BCUT2D eigenvalue weighted by Crippen LogP contribution is 2.32. The zero-order valence-electron chi connectivity index (χ0n) is 14.6. The van der Waals surface area contributed by atoms with Gasteiger partial charge in [0.25, 0.3) is 0 Å². The molecule has 140 valence electrons. The maximum Gasteiger partial charge on any atom is 0.339 e. The predicted molar refractivity (Wildman–Crippen MR) is 90.8 cm³/mol. The highest BCUT2D eigenvalue weighted by Gasteiger charge is 2.36. The number of methoxy groups -OCH3 is 2. The summed E-state index contributed by atoms with van der Waals surface area (Å²) in [5.41, 5.74) is 0.296. The second kappa shape index (κ2) is 8.46. The van der Waals surface area contributed by atoms with Gasteiger partial charge in [0.05, 0.1) is 42.9 Å². The number of rotatable bonds is 5. The molecule has 0 aromatic heterocycles. The lowest BCUT2D eigenvalue weighted by Gasteiger charge is -2.27. The number of hydrogen-bond acceptors (Lipinski definition) is 6. The lowest BCUT2D eigenvalue weighted by Crippen LogP contribution is -2.36. The molecule has 0 heterocycles. The van der Waals surface area contributed by atoms with E-state index in [1.807, 2.05) is 0 Å². The fraction of sp³-hybridized carbons (Fsp3) is 0.444. The molecule has 2 unspecified atom stereocenters. The van der Waals surface area contributed by atoms with Crippen LogP contribution in [0.3, 0.4) is 0 Å². The van der Waals surface area contributed by atoms with Crippen LogP contribution in [-0.2, 0) is 19.1 Å². The predicted octanol–water partition coefficient (Wildman–Crippen LogP) is 2.09. The number of nitrogens with one attached hydrogen (secondary N) is 1. The van der Waals surface area contributed by atoms with Gasteiger partial charge in [-0.15, -0.1) is 0 Å². The summed E-state index contributed by atoms with van der Waals surface area (Å²) in [5.74, 6) is -4.29. The zero-order valence-corrected chi connectivity index (χ0v) is 14.6. The highest BCUT2D eigenvalue weighted by molar-refractivity contribution is 6.04. The van der Waals surface area contributed by atoms with Crippen LogP contribution >= 0.6 is 0 Å². The monoisotopic (exact) mass is 363 g/mol. The fourth-order valence-electron chi connectivity index (χ4n) is 3.15. The molecule has 2 N–H and O–H groups in total. The number of carbonyl (C=O) groups excluding carboxylic acids is 3. The average molecular weight is 363 g/mol. The summed E-state index contributed by atoms with van der Waals surface area (Å²) >= 11 is 0. The Kier molecular flexibility index (Phi) is 6.32. The summed E-state index contributed by atoms with van der Waals surface area (Å²) in [7, 11) is 2.41. The Hall–Kier alpha value is -2.90. The molecule has 1 aromatic rings. The third kappa shape index (κ3) is 4.19. The maximum atomic E-state index is 12.7. The normalized spacial score (nSPS) is 19.3. The molecule has 1 fully saturated rings. The topological polar surface area (TPSA) is 119 Å². The fourth-order valence-corrected chi connectivity index (χ4v) is 3.15. The van der Waals surface area contributed by atoms with Gasteiger partial charge in [0, 0.05) is 0 Å². The molecule has 1 aliphatic carbocycles.